The third-order valence-corrected chi connectivity index (χ3v) is 5.40. The van der Waals surface area contributed by atoms with Crippen LogP contribution in [0, 0.1) is 0 Å². The van der Waals surface area contributed by atoms with Crippen LogP contribution in [0.1, 0.15) is 34.8 Å². The number of nitrogens with zero attached hydrogens (tertiary/aromatic N) is 1. The summed E-state index contributed by atoms with van der Waals surface area (Å²) in [5.41, 5.74) is 3.70. The van der Waals surface area contributed by atoms with Crippen LogP contribution in [0.2, 0.25) is 0 Å². The second-order valence-corrected chi connectivity index (χ2v) is 7.41. The Morgan fingerprint density at radius 1 is 1.19 bits per heavy atom. The van der Waals surface area contributed by atoms with E-state index in [1.54, 1.807) is 16.7 Å². The topological polar surface area (TPSA) is 49.4 Å². The molecule has 26 heavy (non-hydrogen) atoms. The van der Waals surface area contributed by atoms with Crippen LogP contribution in [0.4, 0.5) is 5.69 Å². The highest BCUT2D eigenvalue weighted by Gasteiger charge is 2.35. The van der Waals surface area contributed by atoms with Gasteiger partial charge in [0.05, 0.1) is 0 Å². The van der Waals surface area contributed by atoms with Crippen molar-refractivity contribution in [2.45, 2.75) is 32.4 Å². The molecule has 1 heterocycles. The number of amides is 2. The van der Waals surface area contributed by atoms with Gasteiger partial charge in [-0.1, -0.05) is 37.3 Å². The van der Waals surface area contributed by atoms with Gasteiger partial charge in [-0.05, 0) is 54.2 Å². The quantitative estimate of drug-likeness (QED) is 0.805. The summed E-state index contributed by atoms with van der Waals surface area (Å²) in [6.07, 6.45) is 3.61. The molecule has 4 nitrogen and oxygen atoms in total. The van der Waals surface area contributed by atoms with Gasteiger partial charge in [0, 0.05) is 17.8 Å². The van der Waals surface area contributed by atoms with Crippen molar-refractivity contribution < 1.29 is 9.59 Å². The maximum atomic E-state index is 12.9. The van der Waals surface area contributed by atoms with Gasteiger partial charge in [0.15, 0.2) is 0 Å². The van der Waals surface area contributed by atoms with Crippen LogP contribution in [-0.2, 0) is 17.8 Å². The molecule has 0 spiro atoms. The molecule has 1 N–H and O–H groups in total. The van der Waals surface area contributed by atoms with Gasteiger partial charge in [-0.15, -0.1) is 0 Å². The number of hydrogen-bond acceptors (Lipinski definition) is 3. The molecular formula is C21H24N2O2S. The van der Waals surface area contributed by atoms with Crippen LogP contribution >= 0.6 is 11.8 Å². The van der Waals surface area contributed by atoms with Crippen molar-refractivity contribution in [3.05, 3.63) is 65.2 Å². The molecule has 2 amide bonds. The summed E-state index contributed by atoms with van der Waals surface area (Å²) in [5, 5.41) is 2.98. The van der Waals surface area contributed by atoms with E-state index in [-0.39, 0.29) is 11.8 Å². The Bertz CT molecular complexity index is 789. The van der Waals surface area contributed by atoms with Crippen molar-refractivity contribution in [1.82, 2.24) is 4.90 Å². The van der Waals surface area contributed by atoms with Crippen LogP contribution in [0.5, 0.6) is 0 Å². The molecule has 136 valence electrons. The van der Waals surface area contributed by atoms with E-state index < -0.39 is 6.04 Å². The number of fused-ring (bicyclic) bond motifs is 1. The van der Waals surface area contributed by atoms with Crippen molar-refractivity contribution >= 4 is 29.3 Å². The normalized spacial score (nSPS) is 14.2. The first-order valence-electron chi connectivity index (χ1n) is 8.91. The molecule has 0 bridgehead atoms. The summed E-state index contributed by atoms with van der Waals surface area (Å²) < 4.78 is 0. The van der Waals surface area contributed by atoms with E-state index in [0.717, 1.165) is 23.4 Å². The lowest BCUT2D eigenvalue weighted by molar-refractivity contribution is -0.120. The minimum atomic E-state index is -0.465. The Kier molecular flexibility index (Phi) is 5.99. The van der Waals surface area contributed by atoms with E-state index in [4.69, 9.17) is 0 Å². The molecular weight excluding hydrogens is 344 g/mol. The highest BCUT2D eigenvalue weighted by Crippen LogP contribution is 2.26. The fourth-order valence-electron chi connectivity index (χ4n) is 3.24. The van der Waals surface area contributed by atoms with E-state index >= 15 is 0 Å². The Balaban J connectivity index is 1.77. The highest BCUT2D eigenvalue weighted by atomic mass is 32.2. The zero-order valence-corrected chi connectivity index (χ0v) is 16.0. The lowest BCUT2D eigenvalue weighted by Crippen LogP contribution is -2.44. The SMILES string of the molecule is CCc1ccc(NC(=O)[C@H](CCSC)N2Cc3ccccc3C2=O)cc1. The molecule has 0 aromatic heterocycles. The van der Waals surface area contributed by atoms with Gasteiger partial charge in [0.1, 0.15) is 6.04 Å². The molecule has 0 unspecified atom stereocenters. The van der Waals surface area contributed by atoms with Gasteiger partial charge < -0.3 is 10.2 Å². The molecule has 0 saturated heterocycles. The van der Waals surface area contributed by atoms with Gasteiger partial charge in [0.2, 0.25) is 5.91 Å². The molecule has 0 saturated carbocycles. The van der Waals surface area contributed by atoms with E-state index in [0.29, 0.717) is 18.5 Å². The largest absolute Gasteiger partial charge is 0.324 e. The number of rotatable bonds is 7. The minimum Gasteiger partial charge on any atom is -0.324 e. The summed E-state index contributed by atoms with van der Waals surface area (Å²) in [7, 11) is 0. The number of aryl methyl sites for hydroxylation is 1. The third kappa shape index (κ3) is 3.93. The summed E-state index contributed by atoms with van der Waals surface area (Å²) in [4.78, 5) is 27.4. The predicted molar refractivity (Wildman–Crippen MR) is 108 cm³/mol. The monoisotopic (exact) mass is 368 g/mol. The summed E-state index contributed by atoms with van der Waals surface area (Å²) in [6.45, 7) is 2.60. The molecule has 0 fully saturated rings. The fraction of sp³-hybridized carbons (Fsp3) is 0.333. The van der Waals surface area contributed by atoms with Gasteiger partial charge in [-0.25, -0.2) is 0 Å². The lowest BCUT2D eigenvalue weighted by Gasteiger charge is -2.27. The fourth-order valence-corrected chi connectivity index (χ4v) is 3.69. The molecule has 1 atom stereocenters. The van der Waals surface area contributed by atoms with Crippen LogP contribution in [0.25, 0.3) is 0 Å². The summed E-state index contributed by atoms with van der Waals surface area (Å²) >= 11 is 1.68. The van der Waals surface area contributed by atoms with E-state index in [9.17, 15) is 9.59 Å². The maximum absolute atomic E-state index is 12.9. The van der Waals surface area contributed by atoms with Crippen LogP contribution in [0.15, 0.2) is 48.5 Å². The van der Waals surface area contributed by atoms with Gasteiger partial charge in [-0.3, -0.25) is 9.59 Å². The number of benzene rings is 2. The molecule has 2 aromatic carbocycles. The smallest absolute Gasteiger partial charge is 0.255 e. The number of anilines is 1. The first-order chi connectivity index (χ1) is 12.6. The Morgan fingerprint density at radius 2 is 1.92 bits per heavy atom. The Hall–Kier alpha value is -2.27. The van der Waals surface area contributed by atoms with Gasteiger partial charge in [-0.2, -0.15) is 11.8 Å². The van der Waals surface area contributed by atoms with E-state index in [2.05, 4.69) is 12.2 Å². The summed E-state index contributed by atoms with van der Waals surface area (Å²) in [6, 6.07) is 15.0. The van der Waals surface area contributed by atoms with Gasteiger partial charge >= 0.3 is 0 Å². The second-order valence-electron chi connectivity index (χ2n) is 6.43. The molecule has 2 aromatic rings. The zero-order valence-electron chi connectivity index (χ0n) is 15.2. The molecule has 3 rings (SSSR count). The first-order valence-corrected chi connectivity index (χ1v) is 10.3. The zero-order chi connectivity index (χ0) is 18.5. The van der Waals surface area contributed by atoms with Crippen molar-refractivity contribution in [1.29, 1.82) is 0 Å². The first kappa shape index (κ1) is 18.5. The average molecular weight is 369 g/mol. The van der Waals surface area contributed by atoms with Crippen molar-refractivity contribution in [3.63, 3.8) is 0 Å². The predicted octanol–water partition coefficient (Wildman–Crippen LogP) is 3.97. The van der Waals surface area contributed by atoms with Crippen LogP contribution in [0.3, 0.4) is 0 Å². The molecule has 0 radical (unpaired) electrons. The molecule has 1 aliphatic heterocycles. The van der Waals surface area contributed by atoms with Crippen LogP contribution in [-0.4, -0.2) is 34.8 Å². The summed E-state index contributed by atoms with van der Waals surface area (Å²) in [5.74, 6) is 0.653. The highest BCUT2D eigenvalue weighted by molar-refractivity contribution is 7.98. The van der Waals surface area contributed by atoms with Crippen molar-refractivity contribution in [3.8, 4) is 0 Å². The number of nitrogens with one attached hydrogen (secondary N) is 1. The van der Waals surface area contributed by atoms with Crippen molar-refractivity contribution in [2.75, 3.05) is 17.3 Å². The Labute approximate surface area is 159 Å². The number of carbonyl (C=O) groups is 2. The lowest BCUT2D eigenvalue weighted by atomic mass is 10.1. The molecule has 5 heteroatoms. The second kappa shape index (κ2) is 8.41. The average Bonchev–Trinajstić information content (AvgIpc) is 3.00. The maximum Gasteiger partial charge on any atom is 0.255 e. The molecule has 0 aliphatic carbocycles. The number of carbonyl (C=O) groups excluding carboxylic acids is 2. The minimum absolute atomic E-state index is 0.0526. The van der Waals surface area contributed by atoms with E-state index in [1.807, 2.05) is 54.8 Å². The third-order valence-electron chi connectivity index (χ3n) is 4.75. The molecule has 1 aliphatic rings. The van der Waals surface area contributed by atoms with Crippen LogP contribution < -0.4 is 5.32 Å². The number of thioether (sulfide) groups is 1. The number of hydrogen-bond donors (Lipinski definition) is 1. The Morgan fingerprint density at radius 3 is 2.58 bits per heavy atom. The van der Waals surface area contributed by atoms with Crippen molar-refractivity contribution in [2.24, 2.45) is 0 Å². The van der Waals surface area contributed by atoms with Gasteiger partial charge in [0.25, 0.3) is 5.91 Å². The standard InChI is InChI=1S/C21H24N2O2S/c1-3-15-8-10-17(11-9-15)22-20(24)19(12-13-26-2)23-14-16-6-4-5-7-18(16)21(23)25/h4-11,19H,3,12-14H2,1-2H3,(H,22,24)/t19-/m0/s1. The van der Waals surface area contributed by atoms with E-state index in [1.165, 1.54) is 5.56 Å².